The molecule has 0 saturated heterocycles. The summed E-state index contributed by atoms with van der Waals surface area (Å²) in [5, 5.41) is 0. The van der Waals surface area contributed by atoms with Crippen molar-refractivity contribution < 1.29 is 18.7 Å². The first-order chi connectivity index (χ1) is 10.7. The summed E-state index contributed by atoms with van der Waals surface area (Å²) in [6, 6.07) is 6.05. The van der Waals surface area contributed by atoms with Crippen LogP contribution in [-0.4, -0.2) is 34.3 Å². The number of hydrogen-bond donors (Lipinski definition) is 0. The number of rotatable bonds is 7. The van der Waals surface area contributed by atoms with Gasteiger partial charge in [0.05, 0.1) is 13.2 Å². The zero-order valence-corrected chi connectivity index (χ0v) is 16.6. The highest BCUT2D eigenvalue weighted by atomic mass is 28.3. The number of ether oxygens (including phenoxy) is 2. The molecule has 1 unspecified atom stereocenters. The van der Waals surface area contributed by atoms with Crippen molar-refractivity contribution in [1.82, 2.24) is 0 Å². The van der Waals surface area contributed by atoms with Gasteiger partial charge in [-0.1, -0.05) is 39.0 Å². The quantitative estimate of drug-likeness (QED) is 0.563. The topological polar surface area (TPSA) is 44.8 Å². The van der Waals surface area contributed by atoms with Crippen LogP contribution in [0.5, 0.6) is 5.75 Å². The summed E-state index contributed by atoms with van der Waals surface area (Å²) >= 11 is 0. The molecule has 130 valence electrons. The van der Waals surface area contributed by atoms with Crippen LogP contribution in [0.15, 0.2) is 18.2 Å². The molecule has 0 aliphatic heterocycles. The molecule has 1 aromatic carbocycles. The lowest BCUT2D eigenvalue weighted by Gasteiger charge is -2.27. The SMILES string of the molecule is CCOC(=O)C(CO[SiH](C)C)Oc1c(C)cccc1C(C)(C)C. The smallest absolute Gasteiger partial charge is 0.349 e. The maximum Gasteiger partial charge on any atom is 0.349 e. The molecule has 0 saturated carbocycles. The number of carbonyl (C=O) groups is 1. The maximum absolute atomic E-state index is 12.2. The van der Waals surface area contributed by atoms with Gasteiger partial charge in [-0.25, -0.2) is 4.79 Å². The second kappa shape index (κ2) is 8.50. The Balaban J connectivity index is 3.09. The van der Waals surface area contributed by atoms with E-state index in [0.29, 0.717) is 6.61 Å². The van der Waals surface area contributed by atoms with Gasteiger partial charge in [0.1, 0.15) is 5.75 Å². The van der Waals surface area contributed by atoms with E-state index in [1.807, 2.05) is 25.1 Å². The Bertz CT molecular complexity index is 520. The zero-order chi connectivity index (χ0) is 17.6. The lowest BCUT2D eigenvalue weighted by molar-refractivity contribution is -0.152. The molecule has 0 spiro atoms. The summed E-state index contributed by atoms with van der Waals surface area (Å²) in [7, 11) is -1.24. The average Bonchev–Trinajstić information content (AvgIpc) is 2.43. The third kappa shape index (κ3) is 5.99. The molecule has 0 radical (unpaired) electrons. The number of para-hydroxylation sites is 1. The predicted octanol–water partition coefficient (Wildman–Crippen LogP) is 3.60. The van der Waals surface area contributed by atoms with Crippen LogP contribution in [0.2, 0.25) is 13.1 Å². The van der Waals surface area contributed by atoms with E-state index >= 15 is 0 Å². The van der Waals surface area contributed by atoms with Gasteiger partial charge in [-0.15, -0.1) is 0 Å². The average molecular weight is 339 g/mol. The first-order valence-electron chi connectivity index (χ1n) is 8.21. The van der Waals surface area contributed by atoms with E-state index < -0.39 is 15.1 Å². The monoisotopic (exact) mass is 338 g/mol. The predicted molar refractivity (Wildman–Crippen MR) is 95.8 cm³/mol. The van der Waals surface area contributed by atoms with E-state index in [1.54, 1.807) is 6.92 Å². The molecule has 0 heterocycles. The van der Waals surface area contributed by atoms with Crippen LogP contribution in [0.3, 0.4) is 0 Å². The van der Waals surface area contributed by atoms with Crippen molar-refractivity contribution >= 4 is 15.0 Å². The molecule has 1 aromatic rings. The number of aryl methyl sites for hydroxylation is 1. The Morgan fingerprint density at radius 1 is 1.26 bits per heavy atom. The van der Waals surface area contributed by atoms with Crippen LogP contribution in [0.25, 0.3) is 0 Å². The summed E-state index contributed by atoms with van der Waals surface area (Å²) < 4.78 is 17.0. The van der Waals surface area contributed by atoms with Crippen LogP contribution in [0.4, 0.5) is 0 Å². The van der Waals surface area contributed by atoms with E-state index in [1.165, 1.54) is 0 Å². The molecule has 4 nitrogen and oxygen atoms in total. The van der Waals surface area contributed by atoms with E-state index in [-0.39, 0.29) is 18.0 Å². The second-order valence-corrected chi connectivity index (χ2v) is 9.37. The molecule has 0 N–H and O–H groups in total. The van der Waals surface area contributed by atoms with Gasteiger partial charge >= 0.3 is 5.97 Å². The Morgan fingerprint density at radius 2 is 1.91 bits per heavy atom. The number of carbonyl (C=O) groups excluding carboxylic acids is 1. The molecule has 0 fully saturated rings. The van der Waals surface area contributed by atoms with Crippen LogP contribution in [0.1, 0.15) is 38.8 Å². The minimum Gasteiger partial charge on any atom is -0.476 e. The minimum absolute atomic E-state index is 0.0752. The Kier molecular flexibility index (Phi) is 7.29. The molecule has 0 aromatic heterocycles. The van der Waals surface area contributed by atoms with Gasteiger partial charge in [-0.05, 0) is 43.5 Å². The molecule has 23 heavy (non-hydrogen) atoms. The normalized spacial score (nSPS) is 13.0. The van der Waals surface area contributed by atoms with Crippen LogP contribution >= 0.6 is 0 Å². The summed E-state index contributed by atoms with van der Waals surface area (Å²) in [5.74, 6) is 0.386. The highest BCUT2D eigenvalue weighted by Gasteiger charge is 2.27. The molecule has 5 heteroatoms. The zero-order valence-electron chi connectivity index (χ0n) is 15.4. The van der Waals surface area contributed by atoms with Gasteiger partial charge < -0.3 is 13.9 Å². The number of benzene rings is 1. The first kappa shape index (κ1) is 19.7. The van der Waals surface area contributed by atoms with Crippen LogP contribution in [-0.2, 0) is 19.4 Å². The van der Waals surface area contributed by atoms with E-state index in [4.69, 9.17) is 13.9 Å². The van der Waals surface area contributed by atoms with E-state index in [2.05, 4.69) is 33.9 Å². The van der Waals surface area contributed by atoms with E-state index in [0.717, 1.165) is 16.9 Å². The van der Waals surface area contributed by atoms with Crippen LogP contribution in [0, 0.1) is 6.92 Å². The molecule has 0 aliphatic carbocycles. The third-order valence-electron chi connectivity index (χ3n) is 3.41. The van der Waals surface area contributed by atoms with Crippen molar-refractivity contribution in [3.05, 3.63) is 29.3 Å². The summed E-state index contributed by atoms with van der Waals surface area (Å²) in [6.45, 7) is 14.9. The molecule has 0 bridgehead atoms. The van der Waals surface area contributed by atoms with Crippen molar-refractivity contribution in [2.75, 3.05) is 13.2 Å². The molecular weight excluding hydrogens is 308 g/mol. The Morgan fingerprint density at radius 3 is 2.43 bits per heavy atom. The third-order valence-corrected chi connectivity index (χ3v) is 4.27. The molecule has 1 rings (SSSR count). The summed E-state index contributed by atoms with van der Waals surface area (Å²) in [5.41, 5.74) is 2.01. The lowest BCUT2D eigenvalue weighted by Crippen LogP contribution is -2.36. The van der Waals surface area contributed by atoms with Gasteiger partial charge in [0.15, 0.2) is 9.04 Å². The number of esters is 1. The van der Waals surface area contributed by atoms with Crippen molar-refractivity contribution in [2.24, 2.45) is 0 Å². The Hall–Kier alpha value is -1.33. The first-order valence-corrected chi connectivity index (χ1v) is 11.0. The van der Waals surface area contributed by atoms with Gasteiger partial charge in [0.2, 0.25) is 6.10 Å². The second-order valence-electron chi connectivity index (χ2n) is 6.94. The highest BCUT2D eigenvalue weighted by molar-refractivity contribution is 6.48. The fraction of sp³-hybridized carbons (Fsp3) is 0.611. The van der Waals surface area contributed by atoms with Gasteiger partial charge in [0, 0.05) is 0 Å². The summed E-state index contributed by atoms with van der Waals surface area (Å²) in [6.07, 6.45) is -0.730. The van der Waals surface area contributed by atoms with Crippen molar-refractivity contribution in [2.45, 2.75) is 59.2 Å². The molecule has 1 atom stereocenters. The molecular formula is C18H30O4Si. The minimum atomic E-state index is -1.24. The van der Waals surface area contributed by atoms with Gasteiger partial charge in [-0.2, -0.15) is 0 Å². The fourth-order valence-electron chi connectivity index (χ4n) is 2.21. The van der Waals surface area contributed by atoms with Gasteiger partial charge in [-0.3, -0.25) is 0 Å². The maximum atomic E-state index is 12.2. The Labute approximate surface area is 141 Å². The standard InChI is InChI=1S/C18H30O4Si/c1-8-20-17(19)15(12-21-23(6)7)22-16-13(2)10-9-11-14(16)18(3,4)5/h9-11,15,23H,8,12H2,1-7H3. The van der Waals surface area contributed by atoms with Crippen molar-refractivity contribution in [1.29, 1.82) is 0 Å². The fourth-order valence-corrected chi connectivity index (χ4v) is 2.77. The highest BCUT2D eigenvalue weighted by Crippen LogP contribution is 2.34. The lowest BCUT2D eigenvalue weighted by atomic mass is 9.85. The summed E-state index contributed by atoms with van der Waals surface area (Å²) in [4.78, 5) is 12.2. The van der Waals surface area contributed by atoms with Crippen molar-refractivity contribution in [3.63, 3.8) is 0 Å². The van der Waals surface area contributed by atoms with Gasteiger partial charge in [0.25, 0.3) is 0 Å². The van der Waals surface area contributed by atoms with E-state index in [9.17, 15) is 4.79 Å². The number of hydrogen-bond acceptors (Lipinski definition) is 4. The molecule has 0 amide bonds. The van der Waals surface area contributed by atoms with Crippen molar-refractivity contribution in [3.8, 4) is 5.75 Å². The van der Waals surface area contributed by atoms with Crippen LogP contribution < -0.4 is 4.74 Å². The largest absolute Gasteiger partial charge is 0.476 e. The molecule has 0 aliphatic rings.